The fraction of sp³-hybridized carbons (Fsp3) is 0.462. The second-order valence-electron chi connectivity index (χ2n) is 5.23. The van der Waals surface area contributed by atoms with Crippen LogP contribution in [0.3, 0.4) is 0 Å². The molecule has 0 aliphatic heterocycles. The molecule has 0 amide bonds. The van der Waals surface area contributed by atoms with Gasteiger partial charge in [-0.05, 0) is 51.0 Å². The van der Waals surface area contributed by atoms with Crippen LogP contribution in [0.15, 0.2) is 22.6 Å². The van der Waals surface area contributed by atoms with E-state index in [4.69, 9.17) is 0 Å². The highest BCUT2D eigenvalue weighted by atomic mass is 32.2. The summed E-state index contributed by atoms with van der Waals surface area (Å²) < 4.78 is 52.9. The molecular weight excluding hydrogens is 275 g/mol. The summed E-state index contributed by atoms with van der Waals surface area (Å²) >= 11 is 0. The molecule has 0 fully saturated rings. The molecule has 6 heteroatoms. The Balaban J connectivity index is 3.07. The van der Waals surface area contributed by atoms with Crippen molar-refractivity contribution in [3.8, 4) is 0 Å². The van der Waals surface area contributed by atoms with Gasteiger partial charge in [0.05, 0.1) is 10.3 Å². The first-order valence-corrected chi connectivity index (χ1v) is 6.76. The molecule has 0 aliphatic rings. The minimum Gasteiger partial charge on any atom is -0.234 e. The van der Waals surface area contributed by atoms with Crippen LogP contribution in [0, 0.1) is 6.92 Å². The van der Waals surface area contributed by atoms with E-state index < -0.39 is 27.5 Å². The van der Waals surface area contributed by atoms with Crippen LogP contribution in [0.5, 0.6) is 0 Å². The van der Waals surface area contributed by atoms with Gasteiger partial charge in [-0.25, -0.2) is 4.21 Å². The molecule has 2 nitrogen and oxygen atoms in total. The minimum atomic E-state index is -4.39. The zero-order valence-electron chi connectivity index (χ0n) is 11.2. The molecule has 0 aromatic heterocycles. The van der Waals surface area contributed by atoms with Crippen molar-refractivity contribution in [1.82, 2.24) is 0 Å². The lowest BCUT2D eigenvalue weighted by atomic mass is 10.1. The molecule has 0 unspecified atom stereocenters. The highest BCUT2D eigenvalue weighted by Gasteiger charge is 2.30. The molecule has 0 bridgehead atoms. The van der Waals surface area contributed by atoms with E-state index in [1.54, 1.807) is 33.8 Å². The van der Waals surface area contributed by atoms with Crippen LogP contribution in [-0.4, -0.2) is 15.2 Å². The number of rotatable bonds is 2. The number of hydrogen-bond donors (Lipinski definition) is 0. The van der Waals surface area contributed by atoms with Crippen molar-refractivity contribution in [2.75, 3.05) is 0 Å². The lowest BCUT2D eigenvalue weighted by Crippen LogP contribution is -2.19. The summed E-state index contributed by atoms with van der Waals surface area (Å²) in [6.45, 7) is 6.82. The fourth-order valence-electron chi connectivity index (χ4n) is 1.32. The molecule has 1 aromatic rings. The maximum Gasteiger partial charge on any atom is 0.416 e. The Bertz CT molecular complexity index is 516. The number of hydrogen-bond acceptors (Lipinski definition) is 1. The van der Waals surface area contributed by atoms with Crippen LogP contribution < -0.4 is 0 Å². The predicted octanol–water partition coefficient (Wildman–Crippen LogP) is 3.89. The first-order chi connectivity index (χ1) is 8.50. The van der Waals surface area contributed by atoms with Gasteiger partial charge >= 0.3 is 6.18 Å². The number of alkyl halides is 3. The van der Waals surface area contributed by atoms with E-state index in [9.17, 15) is 17.4 Å². The highest BCUT2D eigenvalue weighted by Crippen LogP contribution is 2.30. The second-order valence-corrected chi connectivity index (χ2v) is 7.16. The summed E-state index contributed by atoms with van der Waals surface area (Å²) in [5.41, 5.74) is 0.0539. The first-order valence-electron chi connectivity index (χ1n) is 5.65. The minimum absolute atomic E-state index is 0.296. The Morgan fingerprint density at radius 3 is 2.21 bits per heavy atom. The average molecular weight is 291 g/mol. The smallest absolute Gasteiger partial charge is 0.234 e. The molecule has 0 saturated heterocycles. The summed E-state index contributed by atoms with van der Waals surface area (Å²) in [7, 11) is -1.48. The summed E-state index contributed by atoms with van der Waals surface area (Å²) in [4.78, 5) is 0. The third kappa shape index (κ3) is 4.78. The average Bonchev–Trinajstić information content (AvgIpc) is 2.22. The Labute approximate surface area is 113 Å². The molecule has 0 aliphatic carbocycles. The topological polar surface area (TPSA) is 29.4 Å². The third-order valence-electron chi connectivity index (χ3n) is 2.25. The third-order valence-corrected chi connectivity index (χ3v) is 3.59. The molecule has 0 N–H and O–H groups in total. The van der Waals surface area contributed by atoms with Gasteiger partial charge in [0, 0.05) is 6.21 Å². The number of halogens is 3. The molecule has 0 heterocycles. The Morgan fingerprint density at radius 1 is 1.16 bits per heavy atom. The molecule has 1 rings (SSSR count). The number of nitrogens with zero attached hydrogens (tertiary/aromatic N) is 1. The van der Waals surface area contributed by atoms with Gasteiger partial charge in [0.1, 0.15) is 11.0 Å². The van der Waals surface area contributed by atoms with Gasteiger partial charge in [-0.1, -0.05) is 6.07 Å². The van der Waals surface area contributed by atoms with Gasteiger partial charge in [-0.2, -0.15) is 17.6 Å². The van der Waals surface area contributed by atoms with Crippen LogP contribution in [0.4, 0.5) is 13.2 Å². The van der Waals surface area contributed by atoms with Crippen LogP contribution in [0.25, 0.3) is 0 Å². The van der Waals surface area contributed by atoms with Crippen LogP contribution in [0.1, 0.15) is 37.5 Å². The van der Waals surface area contributed by atoms with Crippen molar-refractivity contribution in [3.63, 3.8) is 0 Å². The van der Waals surface area contributed by atoms with E-state index >= 15 is 0 Å². The fourth-order valence-corrected chi connectivity index (χ4v) is 1.85. The molecule has 0 spiro atoms. The van der Waals surface area contributed by atoms with Crippen LogP contribution >= 0.6 is 0 Å². The van der Waals surface area contributed by atoms with Crippen molar-refractivity contribution in [1.29, 1.82) is 0 Å². The van der Waals surface area contributed by atoms with Gasteiger partial charge in [0.15, 0.2) is 0 Å². The predicted molar refractivity (Wildman–Crippen MR) is 71.7 cm³/mol. The Hall–Kier alpha value is -1.17. The largest absolute Gasteiger partial charge is 0.416 e. The zero-order chi connectivity index (χ0) is 14.8. The van der Waals surface area contributed by atoms with Crippen molar-refractivity contribution in [3.05, 3.63) is 34.9 Å². The van der Waals surface area contributed by atoms with E-state index in [0.29, 0.717) is 11.1 Å². The van der Waals surface area contributed by atoms with Crippen molar-refractivity contribution < 1.29 is 17.4 Å². The summed E-state index contributed by atoms with van der Waals surface area (Å²) in [6.07, 6.45) is -3.17. The maximum absolute atomic E-state index is 12.6. The molecule has 106 valence electrons. The Morgan fingerprint density at radius 2 is 1.74 bits per heavy atom. The van der Waals surface area contributed by atoms with Gasteiger partial charge < -0.3 is 0 Å². The molecule has 0 saturated carbocycles. The standard InChI is InChI=1S/C13H16F3NOS/c1-9-5-10(7-11(6-9)13(14,15)16)8-17-19(18)12(2,3)4/h5-8H,1-4H3/b17-8+/t19-/m1/s1. The second kappa shape index (κ2) is 5.45. The summed E-state index contributed by atoms with van der Waals surface area (Å²) in [5, 5.41) is 0. The molecule has 0 radical (unpaired) electrons. The number of benzene rings is 1. The van der Waals surface area contributed by atoms with Crippen LogP contribution in [-0.2, 0) is 17.2 Å². The zero-order valence-corrected chi connectivity index (χ0v) is 12.0. The van der Waals surface area contributed by atoms with Crippen LogP contribution in [0.2, 0.25) is 0 Å². The van der Waals surface area contributed by atoms with Crippen molar-refractivity contribution in [2.45, 2.75) is 38.6 Å². The quantitative estimate of drug-likeness (QED) is 0.760. The lowest BCUT2D eigenvalue weighted by Gasteiger charge is -2.13. The van der Waals surface area contributed by atoms with Gasteiger partial charge in [-0.3, -0.25) is 0 Å². The van der Waals surface area contributed by atoms with Gasteiger partial charge in [-0.15, -0.1) is 0 Å². The van der Waals surface area contributed by atoms with E-state index in [0.717, 1.165) is 12.1 Å². The molecule has 1 aromatic carbocycles. The van der Waals surface area contributed by atoms with Crippen molar-refractivity contribution >= 4 is 17.2 Å². The molecule has 1 atom stereocenters. The highest BCUT2D eigenvalue weighted by molar-refractivity contribution is 7.85. The summed E-state index contributed by atoms with van der Waals surface area (Å²) in [5.74, 6) is 0. The van der Waals surface area contributed by atoms with E-state index in [1.165, 1.54) is 6.21 Å². The van der Waals surface area contributed by atoms with E-state index in [2.05, 4.69) is 4.40 Å². The SMILES string of the molecule is Cc1cc(/C=N/[S@](=O)C(C)(C)C)cc(C(F)(F)F)c1. The Kier molecular flexibility index (Phi) is 4.55. The monoisotopic (exact) mass is 291 g/mol. The van der Waals surface area contributed by atoms with Gasteiger partial charge in [0.2, 0.25) is 0 Å². The number of aryl methyl sites for hydroxylation is 1. The lowest BCUT2D eigenvalue weighted by molar-refractivity contribution is -0.137. The van der Waals surface area contributed by atoms with Gasteiger partial charge in [0.25, 0.3) is 0 Å². The first kappa shape index (κ1) is 15.9. The molecular formula is C13H16F3NOS. The maximum atomic E-state index is 12.6. The molecule has 19 heavy (non-hydrogen) atoms. The van der Waals surface area contributed by atoms with E-state index in [1.807, 2.05) is 0 Å². The van der Waals surface area contributed by atoms with Crippen molar-refractivity contribution in [2.24, 2.45) is 4.40 Å². The normalized spacial score (nSPS) is 14.9. The van der Waals surface area contributed by atoms with E-state index in [-0.39, 0.29) is 0 Å². The summed E-state index contributed by atoms with van der Waals surface area (Å²) in [6, 6.07) is 3.63.